The van der Waals surface area contributed by atoms with E-state index in [2.05, 4.69) is 5.32 Å². The van der Waals surface area contributed by atoms with Gasteiger partial charge in [0, 0.05) is 0 Å². The number of nitrogens with one attached hydrogen (secondary N) is 1. The van der Waals surface area contributed by atoms with Crippen LogP contribution < -0.4 is 14.8 Å². The van der Waals surface area contributed by atoms with Crippen molar-refractivity contribution >= 4 is 12.0 Å². The number of methoxy groups -OCH3 is 2. The molecule has 1 amide bonds. The number of hydrogen-bond donors (Lipinski definition) is 3. The minimum absolute atomic E-state index is 0.108. The Bertz CT molecular complexity index is 686. The maximum atomic E-state index is 11.4. The molecular weight excluding hydrogens is 306 g/mol. The monoisotopic (exact) mass is 323 g/mol. The second-order valence-corrected chi connectivity index (χ2v) is 4.34. The maximum absolute atomic E-state index is 11.4. The van der Waals surface area contributed by atoms with Gasteiger partial charge < -0.3 is 28.8 Å². The molecule has 124 valence electrons. The molecule has 1 heterocycles. The lowest BCUT2D eigenvalue weighted by Gasteiger charge is -2.11. The highest BCUT2D eigenvalue weighted by atomic mass is 16.6. The fourth-order valence-corrected chi connectivity index (χ4v) is 2.00. The van der Waals surface area contributed by atoms with Crippen LogP contribution in [-0.4, -0.2) is 37.1 Å². The predicted molar refractivity (Wildman–Crippen MR) is 81.2 cm³/mol. The van der Waals surface area contributed by atoms with Gasteiger partial charge in [0.25, 0.3) is 0 Å². The van der Waals surface area contributed by atoms with Crippen LogP contribution in [0, 0.1) is 0 Å². The Morgan fingerprint density at radius 1 is 1.17 bits per heavy atom. The van der Waals surface area contributed by atoms with E-state index in [0.29, 0.717) is 17.1 Å². The van der Waals surface area contributed by atoms with Gasteiger partial charge in [-0.05, 0) is 19.1 Å². The molecule has 2 rings (SSSR count). The number of benzene rings is 1. The van der Waals surface area contributed by atoms with E-state index in [0.717, 1.165) is 0 Å². The van der Waals surface area contributed by atoms with Crippen LogP contribution in [-0.2, 0) is 4.74 Å². The first kappa shape index (κ1) is 16.3. The molecule has 0 saturated heterocycles. The zero-order valence-electron chi connectivity index (χ0n) is 12.9. The third-order valence-corrected chi connectivity index (χ3v) is 3.00. The van der Waals surface area contributed by atoms with Gasteiger partial charge in [-0.3, -0.25) is 5.32 Å². The number of carbonyl (C=O) groups is 1. The SMILES string of the molecule is CCOC(=O)Nc1oc(-c2c(OC)cccc2OC)c(O)c1O. The van der Waals surface area contributed by atoms with E-state index < -0.39 is 17.6 Å². The molecule has 2 aromatic rings. The van der Waals surface area contributed by atoms with E-state index in [-0.39, 0.29) is 18.3 Å². The maximum Gasteiger partial charge on any atom is 0.414 e. The summed E-state index contributed by atoms with van der Waals surface area (Å²) in [4.78, 5) is 11.4. The van der Waals surface area contributed by atoms with Gasteiger partial charge in [-0.25, -0.2) is 4.79 Å². The van der Waals surface area contributed by atoms with Gasteiger partial charge in [0.15, 0.2) is 5.76 Å². The normalized spacial score (nSPS) is 10.2. The van der Waals surface area contributed by atoms with Gasteiger partial charge in [0.1, 0.15) is 17.1 Å². The molecule has 8 heteroatoms. The molecule has 23 heavy (non-hydrogen) atoms. The van der Waals surface area contributed by atoms with E-state index in [9.17, 15) is 15.0 Å². The lowest BCUT2D eigenvalue weighted by Crippen LogP contribution is -2.12. The van der Waals surface area contributed by atoms with Crippen LogP contribution in [0.1, 0.15) is 6.92 Å². The molecule has 0 saturated carbocycles. The molecule has 0 unspecified atom stereocenters. The fourth-order valence-electron chi connectivity index (χ4n) is 2.00. The summed E-state index contributed by atoms with van der Waals surface area (Å²) in [5, 5.41) is 22.2. The first-order valence-corrected chi connectivity index (χ1v) is 6.73. The molecule has 1 aromatic carbocycles. The smallest absolute Gasteiger partial charge is 0.414 e. The summed E-state index contributed by atoms with van der Waals surface area (Å²) in [6.07, 6.45) is -0.824. The van der Waals surface area contributed by atoms with Crippen LogP contribution in [0.3, 0.4) is 0 Å². The molecule has 0 aliphatic rings. The Morgan fingerprint density at radius 3 is 2.30 bits per heavy atom. The standard InChI is InChI=1S/C15H17NO7/c1-4-22-15(19)16-14-12(18)11(17)13(23-14)10-8(20-2)6-5-7-9(10)21-3/h5-7,17-18H,4H2,1-3H3,(H,16,19). The number of carbonyl (C=O) groups excluding carboxylic acids is 1. The first-order valence-electron chi connectivity index (χ1n) is 6.73. The highest BCUT2D eigenvalue weighted by Crippen LogP contribution is 2.50. The summed E-state index contributed by atoms with van der Waals surface area (Å²) in [5.41, 5.74) is 0.294. The Balaban J connectivity index is 2.51. The van der Waals surface area contributed by atoms with Crippen LogP contribution in [0.25, 0.3) is 11.3 Å². The lowest BCUT2D eigenvalue weighted by atomic mass is 10.1. The molecular formula is C15H17NO7. The Labute approximate surface area is 132 Å². The molecule has 1 aromatic heterocycles. The highest BCUT2D eigenvalue weighted by Gasteiger charge is 2.27. The van der Waals surface area contributed by atoms with Crippen LogP contribution >= 0.6 is 0 Å². The topological polar surface area (TPSA) is 110 Å². The summed E-state index contributed by atoms with van der Waals surface area (Å²) in [5.74, 6) is -0.916. The largest absolute Gasteiger partial charge is 0.502 e. The van der Waals surface area contributed by atoms with Crippen molar-refractivity contribution in [1.29, 1.82) is 0 Å². The van der Waals surface area contributed by atoms with Crippen LogP contribution in [0.4, 0.5) is 10.7 Å². The molecule has 0 fully saturated rings. The number of ether oxygens (including phenoxy) is 3. The minimum Gasteiger partial charge on any atom is -0.502 e. The second-order valence-electron chi connectivity index (χ2n) is 4.34. The van der Waals surface area contributed by atoms with Gasteiger partial charge >= 0.3 is 6.09 Å². The van der Waals surface area contributed by atoms with Crippen molar-refractivity contribution in [1.82, 2.24) is 0 Å². The Morgan fingerprint density at radius 2 is 1.78 bits per heavy atom. The number of furan rings is 1. The van der Waals surface area contributed by atoms with Crippen LogP contribution in [0.5, 0.6) is 23.0 Å². The zero-order valence-corrected chi connectivity index (χ0v) is 12.9. The summed E-state index contributed by atoms with van der Waals surface area (Å²) >= 11 is 0. The number of rotatable bonds is 5. The Hall–Kier alpha value is -3.03. The minimum atomic E-state index is -0.824. The quantitative estimate of drug-likeness (QED) is 0.775. The zero-order chi connectivity index (χ0) is 17.0. The van der Waals surface area contributed by atoms with Gasteiger partial charge in [-0.15, -0.1) is 0 Å². The van der Waals surface area contributed by atoms with Crippen LogP contribution in [0.15, 0.2) is 22.6 Å². The number of anilines is 1. The molecule has 0 bridgehead atoms. The van der Waals surface area contributed by atoms with E-state index in [1.807, 2.05) is 0 Å². The molecule has 0 spiro atoms. The van der Waals surface area contributed by atoms with Gasteiger partial charge in [-0.2, -0.15) is 0 Å². The Kier molecular flexibility index (Phi) is 4.85. The van der Waals surface area contributed by atoms with Gasteiger partial charge in [0.2, 0.25) is 17.4 Å². The summed E-state index contributed by atoms with van der Waals surface area (Å²) in [6, 6.07) is 4.96. The van der Waals surface area contributed by atoms with E-state index in [1.54, 1.807) is 25.1 Å². The molecule has 0 atom stereocenters. The molecule has 0 radical (unpaired) electrons. The van der Waals surface area contributed by atoms with Crippen molar-refractivity contribution in [2.75, 3.05) is 26.1 Å². The second kappa shape index (κ2) is 6.82. The fraction of sp³-hybridized carbons (Fsp3) is 0.267. The van der Waals surface area contributed by atoms with Crippen LogP contribution in [0.2, 0.25) is 0 Å². The molecule has 0 aliphatic heterocycles. The van der Waals surface area contributed by atoms with E-state index >= 15 is 0 Å². The molecule has 3 N–H and O–H groups in total. The van der Waals surface area contributed by atoms with Crippen molar-refractivity contribution in [3.63, 3.8) is 0 Å². The van der Waals surface area contributed by atoms with Crippen molar-refractivity contribution < 1.29 is 33.6 Å². The van der Waals surface area contributed by atoms with Crippen molar-refractivity contribution in [3.05, 3.63) is 18.2 Å². The van der Waals surface area contributed by atoms with E-state index in [1.165, 1.54) is 14.2 Å². The van der Waals surface area contributed by atoms with Crippen molar-refractivity contribution in [2.24, 2.45) is 0 Å². The highest BCUT2D eigenvalue weighted by molar-refractivity contribution is 5.88. The average Bonchev–Trinajstić information content (AvgIpc) is 2.82. The summed E-state index contributed by atoms with van der Waals surface area (Å²) in [6.45, 7) is 1.77. The third-order valence-electron chi connectivity index (χ3n) is 3.00. The molecule has 0 aliphatic carbocycles. The van der Waals surface area contributed by atoms with Crippen molar-refractivity contribution in [2.45, 2.75) is 6.92 Å². The predicted octanol–water partition coefficient (Wildman–Crippen LogP) is 2.94. The van der Waals surface area contributed by atoms with E-state index in [4.69, 9.17) is 18.6 Å². The van der Waals surface area contributed by atoms with Crippen molar-refractivity contribution in [3.8, 4) is 34.3 Å². The number of aromatic hydroxyl groups is 2. The summed E-state index contributed by atoms with van der Waals surface area (Å²) < 4.78 is 20.5. The average molecular weight is 323 g/mol. The first-order chi connectivity index (χ1) is 11.0. The number of hydrogen-bond acceptors (Lipinski definition) is 7. The van der Waals surface area contributed by atoms with Gasteiger partial charge in [0.05, 0.1) is 20.8 Å². The number of amides is 1. The lowest BCUT2D eigenvalue weighted by molar-refractivity contribution is 0.167. The summed E-state index contributed by atoms with van der Waals surface area (Å²) in [7, 11) is 2.88. The molecule has 8 nitrogen and oxygen atoms in total. The van der Waals surface area contributed by atoms with Gasteiger partial charge in [-0.1, -0.05) is 6.07 Å². The third kappa shape index (κ3) is 3.10.